The summed E-state index contributed by atoms with van der Waals surface area (Å²) in [5.74, 6) is 0.796. The summed E-state index contributed by atoms with van der Waals surface area (Å²) in [5, 5.41) is 8.47. The number of carbonyl (C=O) groups is 2. The molecular weight excluding hydrogens is 370 g/mol. The number of nitrogens with one attached hydrogen (secondary N) is 3. The third-order valence-electron chi connectivity index (χ3n) is 4.88. The summed E-state index contributed by atoms with van der Waals surface area (Å²) in [6, 6.07) is 10.1. The van der Waals surface area contributed by atoms with E-state index in [1.165, 1.54) is 7.11 Å². The van der Waals surface area contributed by atoms with Crippen LogP contribution >= 0.6 is 0 Å². The number of benzene rings is 2. The monoisotopic (exact) mass is 395 g/mol. The number of allylic oxidation sites excluding steroid dienone is 1. The Bertz CT molecular complexity index is 998. The summed E-state index contributed by atoms with van der Waals surface area (Å²) in [6.45, 7) is 5.65. The third-order valence-corrected chi connectivity index (χ3v) is 4.88. The Hall–Kier alpha value is -3.48. The highest BCUT2D eigenvalue weighted by Crippen LogP contribution is 2.34. The summed E-state index contributed by atoms with van der Waals surface area (Å²) in [7, 11) is 3.09. The van der Waals surface area contributed by atoms with E-state index >= 15 is 0 Å². The van der Waals surface area contributed by atoms with Gasteiger partial charge in [-0.1, -0.05) is 23.8 Å². The van der Waals surface area contributed by atoms with Gasteiger partial charge in [-0.05, 0) is 50.1 Å². The van der Waals surface area contributed by atoms with E-state index in [1.54, 1.807) is 32.2 Å². The van der Waals surface area contributed by atoms with Gasteiger partial charge in [0.05, 0.1) is 25.8 Å². The predicted molar refractivity (Wildman–Crippen MR) is 111 cm³/mol. The molecule has 1 atom stereocenters. The second-order valence-electron chi connectivity index (χ2n) is 6.96. The van der Waals surface area contributed by atoms with Crippen molar-refractivity contribution in [3.63, 3.8) is 0 Å². The van der Waals surface area contributed by atoms with Crippen LogP contribution in [0, 0.1) is 13.8 Å². The number of rotatable bonds is 5. The van der Waals surface area contributed by atoms with Crippen molar-refractivity contribution in [2.24, 2.45) is 0 Å². The molecule has 0 radical (unpaired) electrons. The minimum Gasteiger partial charge on any atom is -0.493 e. The van der Waals surface area contributed by atoms with Gasteiger partial charge in [-0.3, -0.25) is 4.79 Å². The molecule has 1 aliphatic rings. The fourth-order valence-electron chi connectivity index (χ4n) is 3.42. The molecule has 152 valence electrons. The lowest BCUT2D eigenvalue weighted by Gasteiger charge is -2.29. The number of aryl methyl sites for hydroxylation is 2. The largest absolute Gasteiger partial charge is 0.493 e. The first-order chi connectivity index (χ1) is 13.8. The van der Waals surface area contributed by atoms with Crippen molar-refractivity contribution in [2.75, 3.05) is 19.5 Å². The number of ether oxygens (including phenoxy) is 2. The van der Waals surface area contributed by atoms with Gasteiger partial charge in [0, 0.05) is 11.4 Å². The second-order valence-corrected chi connectivity index (χ2v) is 6.96. The zero-order valence-electron chi connectivity index (χ0n) is 17.2. The Kier molecular flexibility index (Phi) is 5.77. The molecule has 0 saturated carbocycles. The van der Waals surface area contributed by atoms with Crippen molar-refractivity contribution in [3.8, 4) is 11.5 Å². The van der Waals surface area contributed by atoms with Crippen LogP contribution in [-0.2, 0) is 4.79 Å². The molecule has 29 heavy (non-hydrogen) atoms. The van der Waals surface area contributed by atoms with E-state index in [-0.39, 0.29) is 11.9 Å². The molecule has 0 unspecified atom stereocenters. The Labute approximate surface area is 170 Å². The van der Waals surface area contributed by atoms with Crippen molar-refractivity contribution in [3.05, 3.63) is 64.4 Å². The average molecular weight is 395 g/mol. The maximum Gasteiger partial charge on any atom is 0.319 e. The van der Waals surface area contributed by atoms with Crippen LogP contribution in [0.5, 0.6) is 11.5 Å². The van der Waals surface area contributed by atoms with Crippen LogP contribution in [0.4, 0.5) is 10.5 Å². The van der Waals surface area contributed by atoms with Gasteiger partial charge >= 0.3 is 6.03 Å². The molecule has 1 aliphatic heterocycles. The van der Waals surface area contributed by atoms with E-state index in [4.69, 9.17) is 9.47 Å². The van der Waals surface area contributed by atoms with E-state index in [2.05, 4.69) is 16.0 Å². The smallest absolute Gasteiger partial charge is 0.319 e. The number of carbonyl (C=O) groups excluding carboxylic acids is 2. The number of anilines is 1. The summed E-state index contributed by atoms with van der Waals surface area (Å²) in [5.41, 5.74) is 4.44. The number of methoxy groups -OCH3 is 2. The van der Waals surface area contributed by atoms with Crippen molar-refractivity contribution >= 4 is 17.6 Å². The zero-order chi connectivity index (χ0) is 21.1. The van der Waals surface area contributed by atoms with Crippen molar-refractivity contribution in [1.29, 1.82) is 0 Å². The van der Waals surface area contributed by atoms with Gasteiger partial charge < -0.3 is 25.4 Å². The fraction of sp³-hybridized carbons (Fsp3) is 0.273. The summed E-state index contributed by atoms with van der Waals surface area (Å²) in [6.07, 6.45) is 0. The lowest BCUT2D eigenvalue weighted by atomic mass is 9.94. The molecule has 7 nitrogen and oxygen atoms in total. The van der Waals surface area contributed by atoms with E-state index < -0.39 is 6.04 Å². The van der Waals surface area contributed by atoms with Crippen molar-refractivity contribution < 1.29 is 19.1 Å². The second kappa shape index (κ2) is 8.26. The molecule has 3 rings (SSSR count). The van der Waals surface area contributed by atoms with Crippen LogP contribution in [0.1, 0.15) is 29.7 Å². The third kappa shape index (κ3) is 4.18. The number of amides is 3. The van der Waals surface area contributed by atoms with E-state index in [0.29, 0.717) is 28.3 Å². The van der Waals surface area contributed by atoms with Crippen molar-refractivity contribution in [2.45, 2.75) is 26.8 Å². The van der Waals surface area contributed by atoms with E-state index in [1.807, 2.05) is 32.0 Å². The summed E-state index contributed by atoms with van der Waals surface area (Å²) >= 11 is 0. The topological polar surface area (TPSA) is 88.7 Å². The molecule has 3 amide bonds. The SMILES string of the molecule is COc1ccc([C@H]2NC(=O)NC(C)=C2C(=O)Nc2ccc(C)cc2C)cc1OC. The predicted octanol–water partition coefficient (Wildman–Crippen LogP) is 3.59. The van der Waals surface area contributed by atoms with Gasteiger partial charge in [-0.25, -0.2) is 4.79 Å². The Morgan fingerprint density at radius 3 is 2.38 bits per heavy atom. The molecular formula is C22H25N3O4. The first-order valence-corrected chi connectivity index (χ1v) is 9.23. The summed E-state index contributed by atoms with van der Waals surface area (Å²) < 4.78 is 10.7. The molecule has 0 aromatic heterocycles. The zero-order valence-corrected chi connectivity index (χ0v) is 17.2. The molecule has 3 N–H and O–H groups in total. The summed E-state index contributed by atoms with van der Waals surface area (Å²) in [4.78, 5) is 25.3. The van der Waals surface area contributed by atoms with Gasteiger partial charge in [0.25, 0.3) is 5.91 Å². The van der Waals surface area contributed by atoms with Crippen LogP contribution in [0.3, 0.4) is 0 Å². The molecule has 2 aromatic carbocycles. The van der Waals surface area contributed by atoms with E-state index in [0.717, 1.165) is 16.8 Å². The van der Waals surface area contributed by atoms with Crippen LogP contribution in [0.2, 0.25) is 0 Å². The number of urea groups is 1. The van der Waals surface area contributed by atoms with Crippen molar-refractivity contribution in [1.82, 2.24) is 10.6 Å². The first kappa shape index (κ1) is 20.3. The van der Waals surface area contributed by atoms with Gasteiger partial charge in [0.1, 0.15) is 0 Å². The Morgan fingerprint density at radius 2 is 1.72 bits per heavy atom. The molecule has 7 heteroatoms. The standard InChI is InChI=1S/C22H25N3O4/c1-12-6-8-16(13(2)10-12)24-21(26)19-14(3)23-22(27)25-20(19)15-7-9-17(28-4)18(11-15)29-5/h6-11,20H,1-5H3,(H,24,26)(H2,23,25,27)/t20-/m1/s1. The van der Waals surface area contributed by atoms with Gasteiger partial charge in [0.15, 0.2) is 11.5 Å². The Balaban J connectivity index is 1.98. The molecule has 2 aromatic rings. The average Bonchev–Trinajstić information content (AvgIpc) is 2.68. The molecule has 1 heterocycles. The van der Waals surface area contributed by atoms with Crippen LogP contribution < -0.4 is 25.4 Å². The molecule has 0 saturated heterocycles. The quantitative estimate of drug-likeness (QED) is 0.722. The van der Waals surface area contributed by atoms with Gasteiger partial charge in [0.2, 0.25) is 0 Å². The molecule has 0 fully saturated rings. The Morgan fingerprint density at radius 1 is 1.00 bits per heavy atom. The highest BCUT2D eigenvalue weighted by Gasteiger charge is 2.32. The normalized spacial score (nSPS) is 16.0. The maximum atomic E-state index is 13.2. The molecule has 0 spiro atoms. The van der Waals surface area contributed by atoms with Crippen LogP contribution in [0.25, 0.3) is 0 Å². The first-order valence-electron chi connectivity index (χ1n) is 9.23. The fourth-order valence-corrected chi connectivity index (χ4v) is 3.42. The highest BCUT2D eigenvalue weighted by molar-refractivity contribution is 6.07. The van der Waals surface area contributed by atoms with Crippen LogP contribution in [0.15, 0.2) is 47.7 Å². The minimum atomic E-state index is -0.630. The maximum absolute atomic E-state index is 13.2. The lowest BCUT2D eigenvalue weighted by molar-refractivity contribution is -0.113. The van der Waals surface area contributed by atoms with Crippen LogP contribution in [-0.4, -0.2) is 26.2 Å². The lowest BCUT2D eigenvalue weighted by Crippen LogP contribution is -2.46. The highest BCUT2D eigenvalue weighted by atomic mass is 16.5. The van der Waals surface area contributed by atoms with Gasteiger partial charge in [-0.2, -0.15) is 0 Å². The molecule has 0 bridgehead atoms. The minimum absolute atomic E-state index is 0.290. The molecule has 0 aliphatic carbocycles. The number of hydrogen-bond acceptors (Lipinski definition) is 4. The van der Waals surface area contributed by atoms with Gasteiger partial charge in [-0.15, -0.1) is 0 Å². The van der Waals surface area contributed by atoms with E-state index in [9.17, 15) is 9.59 Å². The number of hydrogen-bond donors (Lipinski definition) is 3.